The summed E-state index contributed by atoms with van der Waals surface area (Å²) < 4.78 is 5.10. The number of rotatable bonds is 5. The molecule has 6 heteroatoms. The topological polar surface area (TPSA) is 78.6 Å². The summed E-state index contributed by atoms with van der Waals surface area (Å²) in [5.74, 6) is 0.0654. The fourth-order valence-corrected chi connectivity index (χ4v) is 2.81. The molecule has 1 amide bonds. The van der Waals surface area contributed by atoms with E-state index in [1.807, 2.05) is 18.2 Å². The Labute approximate surface area is 128 Å². The van der Waals surface area contributed by atoms with Crippen molar-refractivity contribution in [2.45, 2.75) is 12.6 Å². The number of carbonyl (C=O) groups excluding carboxylic acids is 1. The molecule has 2 N–H and O–H groups in total. The van der Waals surface area contributed by atoms with Gasteiger partial charge in [0.05, 0.1) is 12.0 Å². The Kier molecular flexibility index (Phi) is 4.50. The minimum Gasteiger partial charge on any atom is -0.459 e. The first kappa shape index (κ1) is 14.7. The Morgan fingerprint density at radius 3 is 2.95 bits per heavy atom. The van der Waals surface area contributed by atoms with Crippen LogP contribution in [0.1, 0.15) is 16.2 Å². The van der Waals surface area contributed by atoms with Crippen LogP contribution in [0.4, 0.5) is 0 Å². The summed E-state index contributed by atoms with van der Waals surface area (Å²) in [7, 11) is 0. The van der Waals surface area contributed by atoms with Gasteiger partial charge in [-0.25, -0.2) is 0 Å². The lowest BCUT2D eigenvalue weighted by Gasteiger charge is -2.17. The molecule has 1 fully saturated rings. The molecule has 1 saturated heterocycles. The molecule has 3 heterocycles. The van der Waals surface area contributed by atoms with E-state index in [0.717, 1.165) is 12.2 Å². The molecule has 2 aromatic rings. The van der Waals surface area contributed by atoms with Crippen LogP contribution in [0, 0.1) is 5.92 Å². The fraction of sp³-hybridized carbons (Fsp3) is 0.375. The zero-order valence-electron chi connectivity index (χ0n) is 12.2. The van der Waals surface area contributed by atoms with Gasteiger partial charge in [-0.2, -0.15) is 0 Å². The van der Waals surface area contributed by atoms with Crippen molar-refractivity contribution in [1.29, 1.82) is 0 Å². The van der Waals surface area contributed by atoms with Crippen LogP contribution in [0.3, 0.4) is 0 Å². The predicted molar refractivity (Wildman–Crippen MR) is 80.1 cm³/mol. The average molecular weight is 301 g/mol. The van der Waals surface area contributed by atoms with Crippen LogP contribution in [-0.4, -0.2) is 46.6 Å². The number of aliphatic hydroxyl groups is 1. The maximum Gasteiger partial charge on any atom is 0.287 e. The van der Waals surface area contributed by atoms with Gasteiger partial charge in [0.2, 0.25) is 0 Å². The number of furan rings is 1. The smallest absolute Gasteiger partial charge is 0.287 e. The van der Waals surface area contributed by atoms with E-state index in [0.29, 0.717) is 18.8 Å². The van der Waals surface area contributed by atoms with Crippen LogP contribution in [0.2, 0.25) is 0 Å². The number of hydrogen-bond acceptors (Lipinski definition) is 5. The van der Waals surface area contributed by atoms with Crippen molar-refractivity contribution >= 4 is 5.91 Å². The molecular weight excluding hydrogens is 282 g/mol. The molecule has 0 bridgehead atoms. The molecule has 0 unspecified atom stereocenters. The number of nitrogens with zero attached hydrogens (tertiary/aromatic N) is 2. The lowest BCUT2D eigenvalue weighted by molar-refractivity contribution is 0.0893. The van der Waals surface area contributed by atoms with Crippen LogP contribution in [-0.2, 0) is 6.54 Å². The summed E-state index contributed by atoms with van der Waals surface area (Å²) in [5.41, 5.74) is 0.984. The van der Waals surface area contributed by atoms with E-state index in [4.69, 9.17) is 4.42 Å². The van der Waals surface area contributed by atoms with Gasteiger partial charge < -0.3 is 14.8 Å². The molecular formula is C16H19N3O3. The molecule has 3 rings (SSSR count). The van der Waals surface area contributed by atoms with Crippen molar-refractivity contribution in [2.24, 2.45) is 5.92 Å². The van der Waals surface area contributed by atoms with Crippen LogP contribution in [0.15, 0.2) is 47.2 Å². The Hall–Kier alpha value is -2.18. The summed E-state index contributed by atoms with van der Waals surface area (Å²) >= 11 is 0. The van der Waals surface area contributed by atoms with Gasteiger partial charge in [-0.15, -0.1) is 0 Å². The van der Waals surface area contributed by atoms with Crippen molar-refractivity contribution in [2.75, 3.05) is 19.7 Å². The number of carbonyl (C=O) groups is 1. The van der Waals surface area contributed by atoms with E-state index in [1.165, 1.54) is 6.26 Å². The summed E-state index contributed by atoms with van der Waals surface area (Å²) in [5, 5.41) is 12.5. The molecule has 6 nitrogen and oxygen atoms in total. The van der Waals surface area contributed by atoms with Gasteiger partial charge in [0.15, 0.2) is 5.76 Å². The highest BCUT2D eigenvalue weighted by atomic mass is 16.3. The molecule has 1 aliphatic rings. The quantitative estimate of drug-likeness (QED) is 0.858. The molecule has 0 spiro atoms. The van der Waals surface area contributed by atoms with E-state index >= 15 is 0 Å². The average Bonchev–Trinajstić information content (AvgIpc) is 3.18. The van der Waals surface area contributed by atoms with Gasteiger partial charge in [-0.1, -0.05) is 6.07 Å². The predicted octanol–water partition coefficient (Wildman–Crippen LogP) is 0.897. The van der Waals surface area contributed by atoms with Gasteiger partial charge in [0.25, 0.3) is 5.91 Å². The second-order valence-corrected chi connectivity index (χ2v) is 5.52. The van der Waals surface area contributed by atoms with Crippen molar-refractivity contribution in [3.8, 4) is 0 Å². The second-order valence-electron chi connectivity index (χ2n) is 5.52. The molecule has 2 atom stereocenters. The molecule has 0 saturated carbocycles. The number of nitrogens with one attached hydrogen (secondary N) is 1. The third kappa shape index (κ3) is 3.35. The van der Waals surface area contributed by atoms with Gasteiger partial charge in [-0.3, -0.25) is 14.7 Å². The zero-order chi connectivity index (χ0) is 15.4. The van der Waals surface area contributed by atoms with Crippen LogP contribution >= 0.6 is 0 Å². The number of pyridine rings is 1. The largest absolute Gasteiger partial charge is 0.459 e. The van der Waals surface area contributed by atoms with Crippen LogP contribution in [0.25, 0.3) is 0 Å². The van der Waals surface area contributed by atoms with Crippen molar-refractivity contribution in [3.05, 3.63) is 54.2 Å². The third-order valence-corrected chi connectivity index (χ3v) is 3.92. The highest BCUT2D eigenvalue weighted by Gasteiger charge is 2.33. The minimum absolute atomic E-state index is 0.0163. The van der Waals surface area contributed by atoms with E-state index in [1.54, 1.807) is 18.3 Å². The summed E-state index contributed by atoms with van der Waals surface area (Å²) in [6.45, 7) is 2.18. The first-order chi connectivity index (χ1) is 10.8. The number of likely N-dealkylation sites (tertiary alicyclic amines) is 1. The first-order valence-corrected chi connectivity index (χ1v) is 7.33. The Bertz CT molecular complexity index is 600. The van der Waals surface area contributed by atoms with Crippen LogP contribution in [0.5, 0.6) is 0 Å². The standard InChI is InChI=1S/C16H19N3O3/c20-11-12-8-19(9-13-4-1-2-6-17-13)10-14(12)18-16(21)15-5-3-7-22-15/h1-7,12,14,20H,8-11H2,(H,18,21)/t12-,14+/m0/s1. The van der Waals surface area contributed by atoms with Gasteiger partial charge in [0, 0.05) is 44.4 Å². The summed E-state index contributed by atoms with van der Waals surface area (Å²) in [4.78, 5) is 18.6. The highest BCUT2D eigenvalue weighted by molar-refractivity contribution is 5.91. The Morgan fingerprint density at radius 1 is 1.36 bits per heavy atom. The Balaban J connectivity index is 1.61. The minimum atomic E-state index is -0.242. The van der Waals surface area contributed by atoms with E-state index in [2.05, 4.69) is 15.2 Å². The monoisotopic (exact) mass is 301 g/mol. The maximum atomic E-state index is 12.1. The van der Waals surface area contributed by atoms with Crippen LogP contribution < -0.4 is 5.32 Å². The van der Waals surface area contributed by atoms with Crippen molar-refractivity contribution < 1.29 is 14.3 Å². The molecule has 2 aromatic heterocycles. The molecule has 0 radical (unpaired) electrons. The van der Waals surface area contributed by atoms with E-state index < -0.39 is 0 Å². The zero-order valence-corrected chi connectivity index (χ0v) is 12.2. The molecule has 22 heavy (non-hydrogen) atoms. The highest BCUT2D eigenvalue weighted by Crippen LogP contribution is 2.19. The normalized spacial score (nSPS) is 21.9. The van der Waals surface area contributed by atoms with Gasteiger partial charge in [-0.05, 0) is 24.3 Å². The van der Waals surface area contributed by atoms with Gasteiger partial charge in [0.1, 0.15) is 0 Å². The summed E-state index contributed by atoms with van der Waals surface area (Å²) in [6.07, 6.45) is 3.24. The van der Waals surface area contributed by atoms with E-state index in [-0.39, 0.29) is 24.5 Å². The third-order valence-electron chi connectivity index (χ3n) is 3.92. The number of hydrogen-bond donors (Lipinski definition) is 2. The Morgan fingerprint density at radius 2 is 2.27 bits per heavy atom. The number of aromatic nitrogens is 1. The fourth-order valence-electron chi connectivity index (χ4n) is 2.81. The SMILES string of the molecule is O=C(N[C@@H]1CN(Cc2ccccn2)C[C@H]1CO)c1ccco1. The lowest BCUT2D eigenvalue weighted by atomic mass is 10.1. The molecule has 116 valence electrons. The van der Waals surface area contributed by atoms with Gasteiger partial charge >= 0.3 is 0 Å². The molecule has 0 aromatic carbocycles. The molecule has 0 aliphatic carbocycles. The summed E-state index contributed by atoms with van der Waals surface area (Å²) in [6, 6.07) is 9.04. The van der Waals surface area contributed by atoms with Crippen molar-refractivity contribution in [3.63, 3.8) is 0 Å². The van der Waals surface area contributed by atoms with Crippen molar-refractivity contribution in [1.82, 2.24) is 15.2 Å². The second kappa shape index (κ2) is 6.72. The number of aliphatic hydroxyl groups excluding tert-OH is 1. The maximum absolute atomic E-state index is 12.1. The van der Waals surface area contributed by atoms with E-state index in [9.17, 15) is 9.90 Å². The lowest BCUT2D eigenvalue weighted by Crippen LogP contribution is -2.41. The first-order valence-electron chi connectivity index (χ1n) is 7.33. The molecule has 1 aliphatic heterocycles. The number of amides is 1.